The van der Waals surface area contributed by atoms with E-state index in [1.54, 1.807) is 0 Å². The summed E-state index contributed by atoms with van der Waals surface area (Å²) in [7, 11) is 0. The summed E-state index contributed by atoms with van der Waals surface area (Å²) < 4.78 is 20.0. The molecule has 4 atom stereocenters. The SMILES string of the molecule is CC1=C2[C@@H](OCc3ccccc3)[C@H](OCc3ccccc3)C3=C(C[C@@H](CC1=O)C2(C)C)[C@H](OC(=O)C(C)(C)C)CCC3. The largest absolute Gasteiger partial charge is 0.457 e. The fourth-order valence-corrected chi connectivity index (χ4v) is 6.91. The second-order valence-electron chi connectivity index (χ2n) is 13.8. The molecule has 5 nitrogen and oxygen atoms in total. The van der Waals surface area contributed by atoms with Gasteiger partial charge in [-0.25, -0.2) is 0 Å². The number of allylic oxidation sites excluding steroid dienone is 1. The summed E-state index contributed by atoms with van der Waals surface area (Å²) in [6.45, 7) is 13.0. The van der Waals surface area contributed by atoms with Gasteiger partial charge in [-0.05, 0) is 98.1 Å². The van der Waals surface area contributed by atoms with E-state index in [1.807, 2.05) is 64.1 Å². The topological polar surface area (TPSA) is 61.8 Å². The van der Waals surface area contributed by atoms with Gasteiger partial charge in [-0.2, -0.15) is 0 Å². The summed E-state index contributed by atoms with van der Waals surface area (Å²) in [6, 6.07) is 20.4. The number of Topliss-reactive ketones (excluding diaryl/α,β-unsaturated/α-hetero) is 1. The third-order valence-corrected chi connectivity index (χ3v) is 9.46. The van der Waals surface area contributed by atoms with Crippen LogP contribution in [0.25, 0.3) is 0 Å². The van der Waals surface area contributed by atoms with Crippen LogP contribution in [0.1, 0.15) is 84.8 Å². The van der Waals surface area contributed by atoms with Crippen molar-refractivity contribution in [1.82, 2.24) is 0 Å². The van der Waals surface area contributed by atoms with Crippen molar-refractivity contribution >= 4 is 11.8 Å². The van der Waals surface area contributed by atoms with Gasteiger partial charge in [0.25, 0.3) is 0 Å². The molecule has 0 saturated carbocycles. The van der Waals surface area contributed by atoms with Gasteiger partial charge in [0.1, 0.15) is 18.3 Å². The Morgan fingerprint density at radius 1 is 0.857 bits per heavy atom. The normalized spacial score (nSPS) is 25.9. The number of carbonyl (C=O) groups is 2. The fourth-order valence-electron chi connectivity index (χ4n) is 6.91. The predicted octanol–water partition coefficient (Wildman–Crippen LogP) is 7.93. The smallest absolute Gasteiger partial charge is 0.311 e. The molecule has 2 aromatic carbocycles. The highest BCUT2D eigenvalue weighted by molar-refractivity contribution is 5.97. The Balaban J connectivity index is 1.64. The van der Waals surface area contributed by atoms with E-state index in [9.17, 15) is 9.59 Å². The van der Waals surface area contributed by atoms with Crippen molar-refractivity contribution in [2.24, 2.45) is 16.7 Å². The molecule has 0 radical (unpaired) electrons. The molecule has 5 heteroatoms. The molecule has 0 heterocycles. The van der Waals surface area contributed by atoms with Crippen LogP contribution in [0.3, 0.4) is 0 Å². The monoisotopic (exact) mass is 570 g/mol. The lowest BCUT2D eigenvalue weighted by Gasteiger charge is -2.50. The van der Waals surface area contributed by atoms with Crippen LogP contribution in [0.2, 0.25) is 0 Å². The number of carbonyl (C=O) groups excluding carboxylic acids is 2. The lowest BCUT2D eigenvalue weighted by Crippen LogP contribution is -2.49. The third-order valence-electron chi connectivity index (χ3n) is 9.46. The Hall–Kier alpha value is -3.02. The second-order valence-corrected chi connectivity index (χ2v) is 13.8. The van der Waals surface area contributed by atoms with Gasteiger partial charge in [0.05, 0.1) is 18.6 Å². The number of esters is 1. The summed E-state index contributed by atoms with van der Waals surface area (Å²) in [6.07, 6.45) is 2.57. The van der Waals surface area contributed by atoms with Gasteiger partial charge < -0.3 is 14.2 Å². The van der Waals surface area contributed by atoms with Crippen LogP contribution >= 0.6 is 0 Å². The van der Waals surface area contributed by atoms with Crippen molar-refractivity contribution in [3.05, 3.63) is 94.1 Å². The van der Waals surface area contributed by atoms with Crippen LogP contribution in [0.5, 0.6) is 0 Å². The summed E-state index contributed by atoms with van der Waals surface area (Å²) in [5.74, 6) is 0.0606. The Morgan fingerprint density at radius 3 is 2.00 bits per heavy atom. The van der Waals surface area contributed by atoms with Crippen molar-refractivity contribution in [2.75, 3.05) is 0 Å². The maximum absolute atomic E-state index is 13.6. The molecule has 0 unspecified atom stereocenters. The molecule has 0 saturated heterocycles. The van der Waals surface area contributed by atoms with Crippen molar-refractivity contribution in [3.8, 4) is 0 Å². The molecule has 0 spiro atoms. The number of ether oxygens (including phenoxy) is 3. The summed E-state index contributed by atoms with van der Waals surface area (Å²) in [5, 5.41) is 0. The number of hydrogen-bond acceptors (Lipinski definition) is 5. The first kappa shape index (κ1) is 30.4. The van der Waals surface area contributed by atoms with Gasteiger partial charge >= 0.3 is 5.97 Å². The average molecular weight is 571 g/mol. The van der Waals surface area contributed by atoms with E-state index in [4.69, 9.17) is 14.2 Å². The Morgan fingerprint density at radius 2 is 1.43 bits per heavy atom. The molecule has 2 bridgehead atoms. The molecule has 5 rings (SSSR count). The number of ketones is 1. The molecular weight excluding hydrogens is 524 g/mol. The third kappa shape index (κ3) is 6.33. The van der Waals surface area contributed by atoms with Crippen LogP contribution in [0.4, 0.5) is 0 Å². The lowest BCUT2D eigenvalue weighted by molar-refractivity contribution is -0.158. The van der Waals surface area contributed by atoms with E-state index in [1.165, 1.54) is 5.57 Å². The Labute approximate surface area is 251 Å². The maximum Gasteiger partial charge on any atom is 0.311 e. The van der Waals surface area contributed by atoms with Gasteiger partial charge in [-0.1, -0.05) is 74.5 Å². The molecule has 0 aliphatic heterocycles. The van der Waals surface area contributed by atoms with E-state index < -0.39 is 17.6 Å². The first-order valence-corrected chi connectivity index (χ1v) is 15.4. The van der Waals surface area contributed by atoms with Crippen molar-refractivity contribution in [3.63, 3.8) is 0 Å². The quantitative estimate of drug-likeness (QED) is 0.250. The minimum absolute atomic E-state index is 0.0838. The van der Waals surface area contributed by atoms with Crippen LogP contribution in [0.15, 0.2) is 83.0 Å². The predicted molar refractivity (Wildman–Crippen MR) is 164 cm³/mol. The minimum atomic E-state index is -0.600. The molecule has 0 amide bonds. The van der Waals surface area contributed by atoms with Crippen LogP contribution in [-0.4, -0.2) is 30.1 Å². The van der Waals surface area contributed by atoms with Crippen molar-refractivity contribution in [2.45, 2.75) is 105 Å². The minimum Gasteiger partial charge on any atom is -0.457 e. The summed E-state index contributed by atoms with van der Waals surface area (Å²) in [4.78, 5) is 26.7. The first-order valence-electron chi connectivity index (χ1n) is 15.4. The molecule has 0 N–H and O–H groups in total. The Kier molecular flexibility index (Phi) is 8.91. The average Bonchev–Trinajstić information content (AvgIpc) is 2.95. The van der Waals surface area contributed by atoms with Gasteiger partial charge in [-0.15, -0.1) is 0 Å². The number of rotatable bonds is 7. The molecule has 3 aliphatic carbocycles. The zero-order valence-corrected chi connectivity index (χ0v) is 26.1. The molecule has 224 valence electrons. The van der Waals surface area contributed by atoms with Gasteiger partial charge in [0, 0.05) is 6.42 Å². The zero-order chi connectivity index (χ0) is 30.1. The van der Waals surface area contributed by atoms with E-state index in [-0.39, 0.29) is 29.2 Å². The zero-order valence-electron chi connectivity index (χ0n) is 26.1. The summed E-state index contributed by atoms with van der Waals surface area (Å²) >= 11 is 0. The molecular formula is C37H46O5. The fraction of sp³-hybridized carbons (Fsp3) is 0.514. The number of benzene rings is 2. The van der Waals surface area contributed by atoms with Crippen LogP contribution in [-0.2, 0) is 37.0 Å². The second kappa shape index (κ2) is 12.3. The van der Waals surface area contributed by atoms with Crippen LogP contribution in [0, 0.1) is 16.7 Å². The van der Waals surface area contributed by atoms with Gasteiger partial charge in [-0.3, -0.25) is 9.59 Å². The van der Waals surface area contributed by atoms with E-state index in [0.717, 1.165) is 47.1 Å². The summed E-state index contributed by atoms with van der Waals surface area (Å²) in [5.41, 5.74) is 5.43. The highest BCUT2D eigenvalue weighted by Crippen LogP contribution is 2.53. The molecule has 0 aromatic heterocycles. The number of hydrogen-bond donors (Lipinski definition) is 0. The molecule has 42 heavy (non-hydrogen) atoms. The van der Waals surface area contributed by atoms with Crippen LogP contribution < -0.4 is 0 Å². The van der Waals surface area contributed by atoms with E-state index in [2.05, 4.69) is 38.1 Å². The van der Waals surface area contributed by atoms with Crippen molar-refractivity contribution in [1.29, 1.82) is 0 Å². The number of fused-ring (bicyclic) bond motifs is 2. The highest BCUT2D eigenvalue weighted by atomic mass is 16.5. The standard InChI is InChI=1S/C37H46O5/c1-24-30(38)21-27-20-29-28(18-13-19-31(29)42-35(39)36(2,3)4)33(40-22-25-14-9-7-10-15-25)34(32(24)37(27,5)6)41-23-26-16-11-8-12-17-26/h7-12,14-17,27,31,33-34H,13,18-23H2,1-6H3/t27-,31+,33+,34+/m0/s1. The lowest BCUT2D eigenvalue weighted by atomic mass is 9.58. The van der Waals surface area contributed by atoms with Gasteiger partial charge in [0.2, 0.25) is 0 Å². The van der Waals surface area contributed by atoms with E-state index in [0.29, 0.717) is 26.1 Å². The highest BCUT2D eigenvalue weighted by Gasteiger charge is 2.50. The molecule has 0 fully saturated rings. The maximum atomic E-state index is 13.6. The molecule has 2 aromatic rings. The Bertz CT molecular complexity index is 1350. The first-order chi connectivity index (χ1) is 20.0. The van der Waals surface area contributed by atoms with Gasteiger partial charge in [0.15, 0.2) is 5.78 Å². The van der Waals surface area contributed by atoms with E-state index >= 15 is 0 Å². The molecule has 3 aliphatic rings. The van der Waals surface area contributed by atoms with Crippen molar-refractivity contribution < 1.29 is 23.8 Å².